The molecular formula is C39H25N5. The molecule has 0 atom stereocenters. The number of para-hydroxylation sites is 4. The van der Waals surface area contributed by atoms with Gasteiger partial charge in [-0.25, -0.2) is 15.0 Å². The van der Waals surface area contributed by atoms with Crippen LogP contribution < -0.4 is 0 Å². The van der Waals surface area contributed by atoms with Gasteiger partial charge in [0.05, 0.1) is 44.8 Å². The second-order valence-corrected chi connectivity index (χ2v) is 10.9. The van der Waals surface area contributed by atoms with E-state index in [1.807, 2.05) is 30.3 Å². The van der Waals surface area contributed by atoms with Crippen molar-refractivity contribution in [1.29, 1.82) is 0 Å². The maximum absolute atomic E-state index is 5.12. The Morgan fingerprint density at radius 1 is 0.273 bits per heavy atom. The molecule has 206 valence electrons. The number of aromatic nitrogens is 5. The van der Waals surface area contributed by atoms with Crippen LogP contribution in [0.2, 0.25) is 0 Å². The topological polar surface area (TPSA) is 48.5 Å². The predicted octanol–water partition coefficient (Wildman–Crippen LogP) is 9.40. The Morgan fingerprint density at radius 2 is 0.568 bits per heavy atom. The van der Waals surface area contributed by atoms with Crippen molar-refractivity contribution in [3.63, 3.8) is 0 Å². The van der Waals surface area contributed by atoms with Gasteiger partial charge in [-0.1, -0.05) is 91.0 Å². The van der Waals surface area contributed by atoms with Crippen LogP contribution in [-0.2, 0) is 0 Å². The molecule has 44 heavy (non-hydrogen) atoms. The van der Waals surface area contributed by atoms with E-state index in [2.05, 4.69) is 130 Å². The molecule has 0 fully saturated rings. The van der Waals surface area contributed by atoms with Crippen LogP contribution in [0.5, 0.6) is 0 Å². The first kappa shape index (κ1) is 24.5. The number of benzene rings is 4. The summed E-state index contributed by atoms with van der Waals surface area (Å²) < 4.78 is 4.46. The maximum atomic E-state index is 5.12. The minimum absolute atomic E-state index is 0.800. The lowest BCUT2D eigenvalue weighted by Gasteiger charge is -2.11. The Bertz CT molecular complexity index is 2240. The summed E-state index contributed by atoms with van der Waals surface area (Å²) in [5, 5.41) is 4.85. The van der Waals surface area contributed by atoms with Crippen molar-refractivity contribution in [1.82, 2.24) is 24.1 Å². The molecule has 0 unspecified atom stereocenters. The standard InChI is InChI=1S/C39H25N5/c1-5-20-34-26(12-1)27-13-2-6-21-35(27)43(34)38-24-10-18-32(41-38)30-16-9-17-31(40-30)33-19-11-25-39(42-33)44-36-22-7-3-14-28(36)29-15-4-8-23-37(29)44/h1-25H. The van der Waals surface area contributed by atoms with Gasteiger partial charge >= 0.3 is 0 Å². The maximum Gasteiger partial charge on any atom is 0.138 e. The molecule has 0 saturated heterocycles. The van der Waals surface area contributed by atoms with Crippen molar-refractivity contribution in [2.75, 3.05) is 0 Å². The van der Waals surface area contributed by atoms with E-state index < -0.39 is 0 Å². The number of nitrogens with zero attached hydrogens (tertiary/aromatic N) is 5. The molecule has 5 aromatic heterocycles. The quantitative estimate of drug-likeness (QED) is 0.214. The van der Waals surface area contributed by atoms with Gasteiger partial charge in [-0.3, -0.25) is 9.13 Å². The lowest BCUT2D eigenvalue weighted by Crippen LogP contribution is -2.00. The van der Waals surface area contributed by atoms with Crippen LogP contribution in [0.15, 0.2) is 152 Å². The largest absolute Gasteiger partial charge is 0.294 e. The molecule has 5 nitrogen and oxygen atoms in total. The molecule has 0 bridgehead atoms. The molecule has 0 spiro atoms. The van der Waals surface area contributed by atoms with Gasteiger partial charge in [0.15, 0.2) is 0 Å². The van der Waals surface area contributed by atoms with Crippen molar-refractivity contribution in [2.24, 2.45) is 0 Å². The van der Waals surface area contributed by atoms with Crippen LogP contribution in [0, 0.1) is 0 Å². The number of rotatable bonds is 4. The van der Waals surface area contributed by atoms with Gasteiger partial charge in [-0.2, -0.15) is 0 Å². The highest BCUT2D eigenvalue weighted by Crippen LogP contribution is 2.33. The zero-order chi connectivity index (χ0) is 29.0. The lowest BCUT2D eigenvalue weighted by molar-refractivity contribution is 1.07. The first-order chi connectivity index (χ1) is 21.8. The average molecular weight is 564 g/mol. The van der Waals surface area contributed by atoms with Crippen molar-refractivity contribution >= 4 is 43.6 Å². The molecule has 0 saturated carbocycles. The van der Waals surface area contributed by atoms with Crippen molar-refractivity contribution in [3.05, 3.63) is 152 Å². The Balaban J connectivity index is 1.15. The third-order valence-corrected chi connectivity index (χ3v) is 8.36. The fourth-order valence-electron chi connectivity index (χ4n) is 6.44. The molecule has 5 heteroatoms. The van der Waals surface area contributed by atoms with Crippen LogP contribution in [0.1, 0.15) is 0 Å². The van der Waals surface area contributed by atoms with Gasteiger partial charge in [0.1, 0.15) is 11.6 Å². The molecule has 0 amide bonds. The van der Waals surface area contributed by atoms with E-state index in [1.165, 1.54) is 21.5 Å². The highest BCUT2D eigenvalue weighted by Gasteiger charge is 2.15. The van der Waals surface area contributed by atoms with Crippen LogP contribution in [-0.4, -0.2) is 24.1 Å². The van der Waals surface area contributed by atoms with Crippen LogP contribution >= 0.6 is 0 Å². The van der Waals surface area contributed by atoms with Crippen LogP contribution in [0.4, 0.5) is 0 Å². The third-order valence-electron chi connectivity index (χ3n) is 8.36. The summed E-state index contributed by atoms with van der Waals surface area (Å²) >= 11 is 0. The fraction of sp³-hybridized carbons (Fsp3) is 0. The highest BCUT2D eigenvalue weighted by atomic mass is 15.1. The smallest absolute Gasteiger partial charge is 0.138 e. The van der Waals surface area contributed by atoms with Gasteiger partial charge in [0.25, 0.3) is 0 Å². The van der Waals surface area contributed by atoms with E-state index in [9.17, 15) is 0 Å². The summed E-state index contributed by atoms with van der Waals surface area (Å²) in [5.74, 6) is 1.72. The van der Waals surface area contributed by atoms with Gasteiger partial charge in [-0.05, 0) is 60.7 Å². The van der Waals surface area contributed by atoms with E-state index in [-0.39, 0.29) is 0 Å². The lowest BCUT2D eigenvalue weighted by atomic mass is 10.2. The number of pyridine rings is 3. The van der Waals surface area contributed by atoms with Crippen LogP contribution in [0.3, 0.4) is 0 Å². The summed E-state index contributed by atoms with van der Waals surface area (Å²) in [4.78, 5) is 15.3. The second-order valence-electron chi connectivity index (χ2n) is 10.9. The second kappa shape index (κ2) is 9.75. The molecule has 0 aliphatic heterocycles. The van der Waals surface area contributed by atoms with Gasteiger partial charge in [-0.15, -0.1) is 0 Å². The first-order valence-electron chi connectivity index (χ1n) is 14.7. The van der Waals surface area contributed by atoms with Crippen molar-refractivity contribution in [3.8, 4) is 34.4 Å². The first-order valence-corrected chi connectivity index (χ1v) is 14.7. The molecule has 5 heterocycles. The summed E-state index contributed by atoms with van der Waals surface area (Å²) in [7, 11) is 0. The minimum Gasteiger partial charge on any atom is -0.294 e. The summed E-state index contributed by atoms with van der Waals surface area (Å²) in [6, 6.07) is 52.2. The SMILES string of the molecule is c1cc(-c2cccc(-n3c4ccccc4c4ccccc43)n2)nc(-c2cccc(-n3c4ccccc4c4ccccc43)n2)c1. The van der Waals surface area contributed by atoms with E-state index >= 15 is 0 Å². The molecule has 9 aromatic rings. The van der Waals surface area contributed by atoms with Crippen molar-refractivity contribution in [2.45, 2.75) is 0 Å². The van der Waals surface area contributed by atoms with E-state index in [0.29, 0.717) is 0 Å². The molecule has 0 radical (unpaired) electrons. The Morgan fingerprint density at radius 3 is 0.932 bits per heavy atom. The Labute approximate surface area is 253 Å². The van der Waals surface area contributed by atoms with E-state index in [4.69, 9.17) is 15.0 Å². The Kier molecular flexibility index (Phi) is 5.43. The Hall–Kier alpha value is -6.07. The van der Waals surface area contributed by atoms with E-state index in [1.54, 1.807) is 0 Å². The number of fused-ring (bicyclic) bond motifs is 6. The van der Waals surface area contributed by atoms with Gasteiger partial charge in [0, 0.05) is 21.5 Å². The molecule has 4 aromatic carbocycles. The molecule has 0 aliphatic carbocycles. The summed E-state index contributed by atoms with van der Waals surface area (Å²) in [6.45, 7) is 0. The van der Waals surface area contributed by atoms with E-state index in [0.717, 1.165) is 56.5 Å². The monoisotopic (exact) mass is 563 g/mol. The summed E-state index contributed by atoms with van der Waals surface area (Å²) in [5.41, 5.74) is 7.74. The minimum atomic E-state index is 0.800. The normalized spacial score (nSPS) is 11.6. The van der Waals surface area contributed by atoms with Crippen molar-refractivity contribution < 1.29 is 0 Å². The molecule has 0 N–H and O–H groups in total. The average Bonchev–Trinajstić information content (AvgIpc) is 3.62. The number of hydrogen-bond acceptors (Lipinski definition) is 3. The summed E-state index contributed by atoms with van der Waals surface area (Å²) in [6.07, 6.45) is 0. The predicted molar refractivity (Wildman–Crippen MR) is 179 cm³/mol. The molecular weight excluding hydrogens is 538 g/mol. The van der Waals surface area contributed by atoms with Gasteiger partial charge < -0.3 is 0 Å². The molecule has 9 rings (SSSR count). The number of hydrogen-bond donors (Lipinski definition) is 0. The zero-order valence-electron chi connectivity index (χ0n) is 23.7. The molecule has 0 aliphatic rings. The highest BCUT2D eigenvalue weighted by molar-refractivity contribution is 6.10. The third kappa shape index (κ3) is 3.76. The van der Waals surface area contributed by atoms with Crippen LogP contribution in [0.25, 0.3) is 78.0 Å². The zero-order valence-corrected chi connectivity index (χ0v) is 23.7. The fourth-order valence-corrected chi connectivity index (χ4v) is 6.44. The van der Waals surface area contributed by atoms with Gasteiger partial charge in [0.2, 0.25) is 0 Å².